The van der Waals surface area contributed by atoms with Crippen molar-refractivity contribution in [2.24, 2.45) is 0 Å². The summed E-state index contributed by atoms with van der Waals surface area (Å²) in [6.07, 6.45) is 0. The molecule has 4 heteroatoms. The molecule has 0 radical (unpaired) electrons. The van der Waals surface area contributed by atoms with Crippen molar-refractivity contribution in [2.75, 3.05) is 0 Å². The fourth-order valence-electron chi connectivity index (χ4n) is 1.93. The van der Waals surface area contributed by atoms with Gasteiger partial charge in [-0.25, -0.2) is 0 Å². The first-order chi connectivity index (χ1) is 9.02. The predicted octanol–water partition coefficient (Wildman–Crippen LogP) is 6.30. The summed E-state index contributed by atoms with van der Waals surface area (Å²) in [4.78, 5) is 0. The van der Waals surface area contributed by atoms with E-state index in [2.05, 4.69) is 15.9 Å². The molecule has 0 amide bonds. The SMILES string of the molecule is Cc1cc(Cl)cc(C)c1Oc1cccc(Cl)c1CBr. The van der Waals surface area contributed by atoms with Gasteiger partial charge in [-0.1, -0.05) is 45.2 Å². The van der Waals surface area contributed by atoms with Gasteiger partial charge in [0.15, 0.2) is 0 Å². The Labute approximate surface area is 131 Å². The highest BCUT2D eigenvalue weighted by atomic mass is 79.9. The summed E-state index contributed by atoms with van der Waals surface area (Å²) in [5, 5.41) is 2.06. The lowest BCUT2D eigenvalue weighted by molar-refractivity contribution is 0.471. The number of ether oxygens (including phenoxy) is 1. The quantitative estimate of drug-likeness (QED) is 0.584. The molecule has 0 saturated heterocycles. The second-order valence-electron chi connectivity index (χ2n) is 4.32. The standard InChI is InChI=1S/C15H13BrCl2O/c1-9-6-11(17)7-10(2)15(9)19-14-5-3-4-13(18)12(14)8-16/h3-7H,8H2,1-2H3. The van der Waals surface area contributed by atoms with Crippen LogP contribution in [0.25, 0.3) is 0 Å². The van der Waals surface area contributed by atoms with E-state index in [1.54, 1.807) is 0 Å². The summed E-state index contributed by atoms with van der Waals surface area (Å²) in [6.45, 7) is 3.96. The molecule has 100 valence electrons. The Morgan fingerprint density at radius 3 is 2.32 bits per heavy atom. The van der Waals surface area contributed by atoms with E-state index in [-0.39, 0.29) is 0 Å². The lowest BCUT2D eigenvalue weighted by atomic mass is 10.1. The van der Waals surface area contributed by atoms with Gasteiger partial charge in [-0.15, -0.1) is 0 Å². The molecule has 2 aromatic rings. The van der Waals surface area contributed by atoms with Crippen LogP contribution in [0.3, 0.4) is 0 Å². The predicted molar refractivity (Wildman–Crippen MR) is 85.1 cm³/mol. The topological polar surface area (TPSA) is 9.23 Å². The normalized spacial score (nSPS) is 10.6. The summed E-state index contributed by atoms with van der Waals surface area (Å²) in [6, 6.07) is 9.43. The van der Waals surface area contributed by atoms with Gasteiger partial charge in [0.05, 0.1) is 0 Å². The molecule has 0 spiro atoms. The Bertz CT molecular complexity index is 588. The number of rotatable bonds is 3. The third-order valence-corrected chi connectivity index (χ3v) is 3.98. The van der Waals surface area contributed by atoms with Crippen molar-refractivity contribution < 1.29 is 4.74 Å². The lowest BCUT2D eigenvalue weighted by Gasteiger charge is -2.15. The minimum atomic E-state index is 0.647. The second-order valence-corrected chi connectivity index (χ2v) is 5.73. The monoisotopic (exact) mass is 358 g/mol. The van der Waals surface area contributed by atoms with Gasteiger partial charge in [-0.05, 0) is 49.2 Å². The van der Waals surface area contributed by atoms with E-state index < -0.39 is 0 Å². The largest absolute Gasteiger partial charge is 0.456 e. The minimum Gasteiger partial charge on any atom is -0.456 e. The summed E-state index contributed by atoms with van der Waals surface area (Å²) >= 11 is 15.6. The first kappa shape index (κ1) is 14.7. The number of hydrogen-bond acceptors (Lipinski definition) is 1. The Hall–Kier alpha value is -0.700. The van der Waals surface area contributed by atoms with E-state index in [0.717, 1.165) is 28.2 Å². The number of hydrogen-bond donors (Lipinski definition) is 0. The molecule has 0 unspecified atom stereocenters. The van der Waals surface area contributed by atoms with Gasteiger partial charge in [-0.2, -0.15) is 0 Å². The van der Waals surface area contributed by atoms with Crippen LogP contribution in [-0.2, 0) is 5.33 Å². The van der Waals surface area contributed by atoms with Crippen LogP contribution in [0.1, 0.15) is 16.7 Å². The van der Waals surface area contributed by atoms with Crippen LogP contribution < -0.4 is 4.74 Å². The molecule has 0 aromatic heterocycles. The van der Waals surface area contributed by atoms with E-state index in [9.17, 15) is 0 Å². The molecular weight excluding hydrogens is 347 g/mol. The van der Waals surface area contributed by atoms with E-state index in [1.807, 2.05) is 44.2 Å². The lowest BCUT2D eigenvalue weighted by Crippen LogP contribution is -1.94. The van der Waals surface area contributed by atoms with Gasteiger partial charge >= 0.3 is 0 Å². The Morgan fingerprint density at radius 1 is 1.11 bits per heavy atom. The molecule has 2 rings (SSSR count). The van der Waals surface area contributed by atoms with E-state index in [0.29, 0.717) is 15.4 Å². The van der Waals surface area contributed by atoms with Crippen LogP contribution in [0.2, 0.25) is 10.0 Å². The van der Waals surface area contributed by atoms with Crippen molar-refractivity contribution in [1.29, 1.82) is 0 Å². The molecule has 2 aromatic carbocycles. The van der Waals surface area contributed by atoms with Gasteiger partial charge in [0.2, 0.25) is 0 Å². The zero-order valence-corrected chi connectivity index (χ0v) is 13.7. The Kier molecular flexibility index (Phi) is 4.77. The Balaban J connectivity index is 2.45. The van der Waals surface area contributed by atoms with E-state index >= 15 is 0 Å². The number of aryl methyl sites for hydroxylation is 2. The van der Waals surface area contributed by atoms with Crippen molar-refractivity contribution in [1.82, 2.24) is 0 Å². The Morgan fingerprint density at radius 2 is 1.74 bits per heavy atom. The fraction of sp³-hybridized carbons (Fsp3) is 0.200. The van der Waals surface area contributed by atoms with Crippen molar-refractivity contribution in [3.05, 3.63) is 57.1 Å². The molecule has 0 aliphatic carbocycles. The summed E-state index contributed by atoms with van der Waals surface area (Å²) in [7, 11) is 0. The fourth-order valence-corrected chi connectivity index (χ4v) is 3.23. The zero-order chi connectivity index (χ0) is 14.0. The smallest absolute Gasteiger partial charge is 0.133 e. The van der Waals surface area contributed by atoms with Gasteiger partial charge in [0, 0.05) is 20.9 Å². The molecule has 0 aliphatic heterocycles. The average molecular weight is 360 g/mol. The van der Waals surface area contributed by atoms with Crippen molar-refractivity contribution in [3.63, 3.8) is 0 Å². The minimum absolute atomic E-state index is 0.647. The van der Waals surface area contributed by atoms with Crippen molar-refractivity contribution >= 4 is 39.1 Å². The summed E-state index contributed by atoms with van der Waals surface area (Å²) in [5.41, 5.74) is 2.95. The first-order valence-electron chi connectivity index (χ1n) is 5.81. The molecule has 0 atom stereocenters. The van der Waals surface area contributed by atoms with Crippen LogP contribution in [0, 0.1) is 13.8 Å². The summed E-state index contributed by atoms with van der Waals surface area (Å²) < 4.78 is 6.02. The van der Waals surface area contributed by atoms with Crippen LogP contribution in [0.5, 0.6) is 11.5 Å². The van der Waals surface area contributed by atoms with E-state index in [4.69, 9.17) is 27.9 Å². The number of alkyl halides is 1. The highest BCUT2D eigenvalue weighted by Crippen LogP contribution is 2.36. The molecule has 0 aliphatic rings. The molecule has 0 N–H and O–H groups in total. The molecule has 19 heavy (non-hydrogen) atoms. The highest BCUT2D eigenvalue weighted by Gasteiger charge is 2.11. The third kappa shape index (κ3) is 3.25. The van der Waals surface area contributed by atoms with Crippen LogP contribution in [-0.4, -0.2) is 0 Å². The van der Waals surface area contributed by atoms with Crippen LogP contribution in [0.15, 0.2) is 30.3 Å². The molecular formula is C15H13BrCl2O. The van der Waals surface area contributed by atoms with Crippen LogP contribution >= 0.6 is 39.1 Å². The average Bonchev–Trinajstić information content (AvgIpc) is 2.34. The molecule has 1 nitrogen and oxygen atoms in total. The molecule has 0 heterocycles. The van der Waals surface area contributed by atoms with Gasteiger partial charge in [0.25, 0.3) is 0 Å². The maximum Gasteiger partial charge on any atom is 0.133 e. The van der Waals surface area contributed by atoms with Crippen LogP contribution in [0.4, 0.5) is 0 Å². The third-order valence-electron chi connectivity index (χ3n) is 2.85. The maximum absolute atomic E-state index is 6.17. The number of halogens is 3. The second kappa shape index (κ2) is 6.17. The molecule has 0 fully saturated rings. The van der Waals surface area contributed by atoms with Gasteiger partial charge in [-0.3, -0.25) is 0 Å². The number of benzene rings is 2. The maximum atomic E-state index is 6.17. The van der Waals surface area contributed by atoms with Crippen molar-refractivity contribution in [3.8, 4) is 11.5 Å². The first-order valence-corrected chi connectivity index (χ1v) is 7.68. The molecule has 0 bridgehead atoms. The summed E-state index contributed by atoms with van der Waals surface area (Å²) in [5.74, 6) is 1.59. The van der Waals surface area contributed by atoms with Gasteiger partial charge < -0.3 is 4.74 Å². The van der Waals surface area contributed by atoms with Gasteiger partial charge in [0.1, 0.15) is 11.5 Å². The molecule has 0 saturated carbocycles. The van der Waals surface area contributed by atoms with E-state index in [1.165, 1.54) is 0 Å². The zero-order valence-electron chi connectivity index (χ0n) is 10.6. The highest BCUT2D eigenvalue weighted by molar-refractivity contribution is 9.08. The van der Waals surface area contributed by atoms with Crippen molar-refractivity contribution in [2.45, 2.75) is 19.2 Å².